The number of ether oxygens (including phenoxy) is 1. The molecule has 116 valence electrons. The van der Waals surface area contributed by atoms with Crippen molar-refractivity contribution in [1.82, 2.24) is 0 Å². The van der Waals surface area contributed by atoms with Gasteiger partial charge < -0.3 is 9.84 Å². The Morgan fingerprint density at radius 1 is 1.05 bits per heavy atom. The van der Waals surface area contributed by atoms with Crippen LogP contribution in [0.5, 0.6) is 0 Å². The summed E-state index contributed by atoms with van der Waals surface area (Å²) in [4.78, 5) is 0. The molecule has 3 rings (SSSR count). The molecule has 0 aromatic rings. The molecule has 0 saturated heterocycles. The van der Waals surface area contributed by atoms with Crippen molar-refractivity contribution >= 4 is 0 Å². The molecule has 3 saturated carbocycles. The van der Waals surface area contributed by atoms with Crippen LogP contribution in [0.2, 0.25) is 0 Å². The zero-order chi connectivity index (χ0) is 14.6. The van der Waals surface area contributed by atoms with Gasteiger partial charge in [0.2, 0.25) is 0 Å². The van der Waals surface area contributed by atoms with Gasteiger partial charge in [0.15, 0.2) is 0 Å². The number of aliphatic hydroxyl groups is 1. The number of rotatable bonds is 3. The summed E-state index contributed by atoms with van der Waals surface area (Å²) >= 11 is 0. The Kier molecular flexibility index (Phi) is 3.49. The minimum atomic E-state index is -0.0945. The molecule has 0 aliphatic heterocycles. The van der Waals surface area contributed by atoms with Crippen molar-refractivity contribution in [3.05, 3.63) is 0 Å². The lowest BCUT2D eigenvalue weighted by atomic mass is 9.59. The number of hydrogen-bond donors (Lipinski definition) is 1. The van der Waals surface area contributed by atoms with Gasteiger partial charge in [0.1, 0.15) is 0 Å². The molecule has 3 aliphatic carbocycles. The predicted molar refractivity (Wildman–Crippen MR) is 81.6 cm³/mol. The summed E-state index contributed by atoms with van der Waals surface area (Å²) in [6.07, 6.45) is 8.01. The summed E-state index contributed by atoms with van der Waals surface area (Å²) in [5, 5.41) is 9.90. The Balaban J connectivity index is 1.90. The monoisotopic (exact) mass is 280 g/mol. The van der Waals surface area contributed by atoms with E-state index < -0.39 is 0 Å². The van der Waals surface area contributed by atoms with Crippen molar-refractivity contribution in [2.75, 3.05) is 6.61 Å². The second-order valence-electron chi connectivity index (χ2n) is 8.39. The highest BCUT2D eigenvalue weighted by Gasteiger charge is 2.66. The summed E-state index contributed by atoms with van der Waals surface area (Å²) < 4.78 is 6.40. The van der Waals surface area contributed by atoms with Crippen molar-refractivity contribution in [3.8, 4) is 0 Å². The van der Waals surface area contributed by atoms with Gasteiger partial charge in [0.05, 0.1) is 11.7 Å². The number of fused-ring (bicyclic) bond motifs is 2. The van der Waals surface area contributed by atoms with E-state index in [9.17, 15) is 5.11 Å². The van der Waals surface area contributed by atoms with E-state index in [-0.39, 0.29) is 11.7 Å². The lowest BCUT2D eigenvalue weighted by Crippen LogP contribution is -2.51. The van der Waals surface area contributed by atoms with Crippen LogP contribution >= 0.6 is 0 Å². The summed E-state index contributed by atoms with van der Waals surface area (Å²) in [6.45, 7) is 10.4. The molecule has 3 fully saturated rings. The van der Waals surface area contributed by atoms with Crippen molar-refractivity contribution in [3.63, 3.8) is 0 Å². The molecule has 2 bridgehead atoms. The molecule has 20 heavy (non-hydrogen) atoms. The average Bonchev–Trinajstić information content (AvgIpc) is 2.75. The summed E-state index contributed by atoms with van der Waals surface area (Å²) in [5.41, 5.74) is 0.933. The van der Waals surface area contributed by atoms with E-state index in [1.165, 1.54) is 19.3 Å². The molecule has 0 heterocycles. The number of hydrogen-bond acceptors (Lipinski definition) is 2. The maximum atomic E-state index is 9.90. The van der Waals surface area contributed by atoms with Crippen molar-refractivity contribution < 1.29 is 9.84 Å². The highest BCUT2D eigenvalue weighted by Crippen LogP contribution is 2.71. The van der Waals surface area contributed by atoms with Gasteiger partial charge in [-0.2, -0.15) is 0 Å². The fourth-order valence-electron chi connectivity index (χ4n) is 5.97. The minimum Gasteiger partial charge on any atom is -0.393 e. The fraction of sp³-hybridized carbons (Fsp3) is 1.00. The first kappa shape index (κ1) is 14.8. The van der Waals surface area contributed by atoms with Crippen LogP contribution in [0, 0.1) is 22.7 Å². The topological polar surface area (TPSA) is 29.5 Å². The summed E-state index contributed by atoms with van der Waals surface area (Å²) in [7, 11) is 0. The lowest BCUT2D eigenvalue weighted by molar-refractivity contribution is -0.154. The van der Waals surface area contributed by atoms with Gasteiger partial charge in [-0.25, -0.2) is 0 Å². The predicted octanol–water partition coefficient (Wildman–Crippen LogP) is 4.16. The zero-order valence-electron chi connectivity index (χ0n) is 13.7. The second kappa shape index (κ2) is 4.71. The maximum Gasteiger partial charge on any atom is 0.0717 e. The van der Waals surface area contributed by atoms with E-state index in [1.54, 1.807) is 0 Å². The molecule has 0 aromatic carbocycles. The Morgan fingerprint density at radius 3 is 2.15 bits per heavy atom. The first-order valence-electron chi connectivity index (χ1n) is 8.68. The van der Waals surface area contributed by atoms with Gasteiger partial charge in [0.25, 0.3) is 0 Å². The van der Waals surface area contributed by atoms with E-state index in [0.717, 1.165) is 38.2 Å². The lowest BCUT2D eigenvalue weighted by Gasteiger charge is -2.51. The maximum absolute atomic E-state index is 9.90. The quantitative estimate of drug-likeness (QED) is 0.841. The molecule has 3 aliphatic rings. The van der Waals surface area contributed by atoms with E-state index in [4.69, 9.17) is 4.74 Å². The second-order valence-corrected chi connectivity index (χ2v) is 8.39. The van der Waals surface area contributed by atoms with E-state index >= 15 is 0 Å². The molecular formula is C18H32O2. The molecule has 0 radical (unpaired) electrons. The molecule has 0 aromatic heterocycles. The fourth-order valence-corrected chi connectivity index (χ4v) is 5.97. The molecule has 2 heteroatoms. The third kappa shape index (κ3) is 1.83. The smallest absolute Gasteiger partial charge is 0.0717 e. The normalized spacial score (nSPS) is 50.5. The SMILES string of the molecule is CCOC1([C@@H]2C[C@H]3CC[C@]2(C)C3(C)C)CCC(O)CC1. The van der Waals surface area contributed by atoms with Gasteiger partial charge in [-0.3, -0.25) is 0 Å². The van der Waals surface area contributed by atoms with Crippen molar-refractivity contribution in [2.24, 2.45) is 22.7 Å². The van der Waals surface area contributed by atoms with E-state index in [1.807, 2.05) is 0 Å². The van der Waals surface area contributed by atoms with Crippen LogP contribution < -0.4 is 0 Å². The van der Waals surface area contributed by atoms with Crippen LogP contribution in [0.25, 0.3) is 0 Å². The average molecular weight is 280 g/mol. The molecular weight excluding hydrogens is 248 g/mol. The minimum absolute atomic E-state index is 0.0508. The van der Waals surface area contributed by atoms with Crippen LogP contribution in [0.1, 0.15) is 72.6 Å². The molecule has 2 nitrogen and oxygen atoms in total. The molecule has 3 atom stereocenters. The highest BCUT2D eigenvalue weighted by atomic mass is 16.5. The van der Waals surface area contributed by atoms with Crippen LogP contribution in [-0.4, -0.2) is 23.4 Å². The third-order valence-electron chi connectivity index (χ3n) is 7.66. The first-order valence-corrected chi connectivity index (χ1v) is 8.68. The summed E-state index contributed by atoms with van der Waals surface area (Å²) in [5.74, 6) is 1.57. The largest absolute Gasteiger partial charge is 0.393 e. The van der Waals surface area contributed by atoms with Gasteiger partial charge in [0, 0.05) is 6.61 Å². The first-order chi connectivity index (χ1) is 9.36. The van der Waals surface area contributed by atoms with Crippen molar-refractivity contribution in [1.29, 1.82) is 0 Å². The molecule has 1 N–H and O–H groups in total. The Hall–Kier alpha value is -0.0800. The van der Waals surface area contributed by atoms with Crippen LogP contribution in [0.15, 0.2) is 0 Å². The van der Waals surface area contributed by atoms with Crippen LogP contribution in [0.4, 0.5) is 0 Å². The van der Waals surface area contributed by atoms with Gasteiger partial charge in [-0.1, -0.05) is 20.8 Å². The molecule has 0 spiro atoms. The van der Waals surface area contributed by atoms with E-state index in [2.05, 4.69) is 27.7 Å². The third-order valence-corrected chi connectivity index (χ3v) is 7.66. The standard InChI is InChI=1S/C18H32O2/c1-5-20-18(10-7-14(19)8-11-18)15-12-13-6-9-17(15,4)16(13,2)3/h13-15,19H,5-12H2,1-4H3/t13-,14?,15-,17+,18?/m1/s1. The van der Waals surface area contributed by atoms with Gasteiger partial charge >= 0.3 is 0 Å². The molecule has 0 amide bonds. The van der Waals surface area contributed by atoms with Gasteiger partial charge in [-0.05, 0) is 74.5 Å². The molecule has 0 unspecified atom stereocenters. The Bertz CT molecular complexity index is 368. The van der Waals surface area contributed by atoms with Gasteiger partial charge in [-0.15, -0.1) is 0 Å². The summed E-state index contributed by atoms with van der Waals surface area (Å²) in [6, 6.07) is 0. The Morgan fingerprint density at radius 2 is 1.70 bits per heavy atom. The Labute approximate surface area is 124 Å². The van der Waals surface area contributed by atoms with Crippen molar-refractivity contribution in [2.45, 2.75) is 84.3 Å². The number of aliphatic hydroxyl groups excluding tert-OH is 1. The van der Waals surface area contributed by atoms with Crippen LogP contribution in [0.3, 0.4) is 0 Å². The zero-order valence-corrected chi connectivity index (χ0v) is 13.7. The van der Waals surface area contributed by atoms with Crippen LogP contribution in [-0.2, 0) is 4.74 Å². The van der Waals surface area contributed by atoms with E-state index in [0.29, 0.717) is 16.7 Å². The highest BCUT2D eigenvalue weighted by molar-refractivity contribution is 5.15.